The molecular formula is C32H38. The summed E-state index contributed by atoms with van der Waals surface area (Å²) < 4.78 is 0. The fourth-order valence-electron chi connectivity index (χ4n) is 6.12. The van der Waals surface area contributed by atoms with Crippen molar-refractivity contribution >= 4 is 0 Å². The first kappa shape index (κ1) is 21.5. The topological polar surface area (TPSA) is 0 Å². The zero-order chi connectivity index (χ0) is 21.9. The highest BCUT2D eigenvalue weighted by molar-refractivity contribution is 5.60. The van der Waals surface area contributed by atoms with Crippen LogP contribution in [0.25, 0.3) is 0 Å². The average molecular weight is 423 g/mol. The Morgan fingerprint density at radius 2 is 1.62 bits per heavy atom. The van der Waals surface area contributed by atoms with Crippen LogP contribution in [0.4, 0.5) is 0 Å². The predicted octanol–water partition coefficient (Wildman–Crippen LogP) is 8.49. The lowest BCUT2D eigenvalue weighted by molar-refractivity contribution is 0.223. The summed E-state index contributed by atoms with van der Waals surface area (Å²) >= 11 is 0. The third-order valence-electron chi connectivity index (χ3n) is 8.19. The Kier molecular flexibility index (Phi) is 6.49. The third-order valence-corrected chi connectivity index (χ3v) is 8.19. The van der Waals surface area contributed by atoms with Gasteiger partial charge in [0.2, 0.25) is 0 Å². The van der Waals surface area contributed by atoms with Crippen LogP contribution >= 0.6 is 0 Å². The first-order chi connectivity index (χ1) is 15.7. The molecule has 32 heavy (non-hydrogen) atoms. The number of rotatable bonds is 6. The van der Waals surface area contributed by atoms with Gasteiger partial charge < -0.3 is 0 Å². The normalized spacial score (nSPS) is 27.0. The number of hydrogen-bond donors (Lipinski definition) is 0. The lowest BCUT2D eigenvalue weighted by Crippen LogP contribution is -2.19. The van der Waals surface area contributed by atoms with Gasteiger partial charge in [-0.1, -0.05) is 86.7 Å². The van der Waals surface area contributed by atoms with Gasteiger partial charge in [-0.2, -0.15) is 0 Å². The van der Waals surface area contributed by atoms with Crippen LogP contribution in [0.2, 0.25) is 0 Å². The standard InChI is InChI=1S/C32H38/c1-23(2)27-17-15-25(16-18-27)21-24-11-13-26(14-12-24)22-29-19-20-31(28-7-4-3-5-8-28)32-10-6-9-30(29)32/h4,6-14,19-20,23,25,27,32H,3,5,15-18,21-22H2,1-2H3. The Bertz CT molecular complexity index is 995. The summed E-state index contributed by atoms with van der Waals surface area (Å²) in [6.07, 6.45) is 29.1. The number of fused-ring (bicyclic) bond motifs is 1. The van der Waals surface area contributed by atoms with Crippen molar-refractivity contribution < 1.29 is 0 Å². The quantitative estimate of drug-likeness (QED) is 0.431. The van der Waals surface area contributed by atoms with Gasteiger partial charge in [-0.05, 0) is 103 Å². The van der Waals surface area contributed by atoms with E-state index < -0.39 is 0 Å². The maximum absolute atomic E-state index is 2.41. The molecule has 0 spiro atoms. The first-order valence-electron chi connectivity index (χ1n) is 12.9. The zero-order valence-electron chi connectivity index (χ0n) is 19.9. The summed E-state index contributed by atoms with van der Waals surface area (Å²) in [4.78, 5) is 0. The van der Waals surface area contributed by atoms with Gasteiger partial charge in [-0.15, -0.1) is 0 Å². The van der Waals surface area contributed by atoms with Crippen molar-refractivity contribution in [2.45, 2.75) is 65.2 Å². The van der Waals surface area contributed by atoms with Crippen LogP contribution in [0, 0.1) is 23.7 Å². The number of hydrogen-bond acceptors (Lipinski definition) is 0. The van der Waals surface area contributed by atoms with Gasteiger partial charge in [0.15, 0.2) is 0 Å². The van der Waals surface area contributed by atoms with Crippen molar-refractivity contribution in [1.29, 1.82) is 0 Å². The summed E-state index contributed by atoms with van der Waals surface area (Å²) in [6.45, 7) is 4.79. The molecular weight excluding hydrogens is 384 g/mol. The van der Waals surface area contributed by atoms with Gasteiger partial charge in [0, 0.05) is 5.92 Å². The Labute approximate surface area is 195 Å². The molecule has 1 aromatic carbocycles. The summed E-state index contributed by atoms with van der Waals surface area (Å²) in [5, 5.41) is 0. The van der Waals surface area contributed by atoms with Crippen molar-refractivity contribution in [3.63, 3.8) is 0 Å². The van der Waals surface area contributed by atoms with Crippen LogP contribution in [0.3, 0.4) is 0 Å². The lowest BCUT2D eigenvalue weighted by Gasteiger charge is -2.31. The van der Waals surface area contributed by atoms with Crippen molar-refractivity contribution in [3.8, 4) is 0 Å². The number of allylic oxidation sites excluding steroid dienone is 12. The van der Waals surface area contributed by atoms with E-state index in [9.17, 15) is 0 Å². The molecule has 4 aliphatic rings. The highest BCUT2D eigenvalue weighted by Gasteiger charge is 2.27. The van der Waals surface area contributed by atoms with Crippen LogP contribution in [0.5, 0.6) is 0 Å². The molecule has 0 amide bonds. The molecule has 0 aromatic heterocycles. The molecule has 4 aliphatic carbocycles. The second-order valence-corrected chi connectivity index (χ2v) is 10.7. The van der Waals surface area contributed by atoms with Crippen molar-refractivity contribution in [1.82, 2.24) is 0 Å². The minimum absolute atomic E-state index is 0.434. The molecule has 1 unspecified atom stereocenters. The van der Waals surface area contributed by atoms with E-state index in [-0.39, 0.29) is 0 Å². The molecule has 5 rings (SSSR count). The molecule has 0 heterocycles. The molecule has 0 heteroatoms. The van der Waals surface area contributed by atoms with Crippen LogP contribution in [0.15, 0.2) is 95.2 Å². The lowest BCUT2D eigenvalue weighted by atomic mass is 9.75. The van der Waals surface area contributed by atoms with Crippen LogP contribution in [-0.4, -0.2) is 0 Å². The summed E-state index contributed by atoms with van der Waals surface area (Å²) in [5.41, 5.74) is 8.81. The fraction of sp³-hybridized carbons (Fsp3) is 0.438. The Hall–Kier alpha value is -2.34. The zero-order valence-corrected chi connectivity index (χ0v) is 19.9. The maximum atomic E-state index is 2.41. The third kappa shape index (κ3) is 4.70. The van der Waals surface area contributed by atoms with Crippen molar-refractivity contribution in [2.24, 2.45) is 23.7 Å². The summed E-state index contributed by atoms with van der Waals surface area (Å²) in [6, 6.07) is 9.54. The molecule has 0 N–H and O–H groups in total. The second kappa shape index (κ2) is 9.65. The largest absolute Gasteiger partial charge is 0.0836 e. The van der Waals surface area contributed by atoms with Crippen LogP contribution in [-0.2, 0) is 12.8 Å². The highest BCUT2D eigenvalue weighted by atomic mass is 14.3. The predicted molar refractivity (Wildman–Crippen MR) is 137 cm³/mol. The molecule has 0 bridgehead atoms. The van der Waals surface area contributed by atoms with E-state index in [1.54, 1.807) is 0 Å². The SMILES string of the molecule is CC(C)C1CCC(Cc2ccc(CC3=CC=C(C4=CCCC=C4)C4C=CC=C34)cc2)CC1. The smallest absolute Gasteiger partial charge is 0.0281 e. The van der Waals surface area contributed by atoms with E-state index in [4.69, 9.17) is 0 Å². The van der Waals surface area contributed by atoms with Crippen molar-refractivity contribution in [3.05, 3.63) is 106 Å². The van der Waals surface area contributed by atoms with Gasteiger partial charge in [0.1, 0.15) is 0 Å². The maximum Gasteiger partial charge on any atom is 0.0281 e. The molecule has 1 fully saturated rings. The average Bonchev–Trinajstić information content (AvgIpc) is 3.32. The van der Waals surface area contributed by atoms with Gasteiger partial charge in [-0.25, -0.2) is 0 Å². The van der Waals surface area contributed by atoms with E-state index >= 15 is 0 Å². The van der Waals surface area contributed by atoms with Crippen LogP contribution < -0.4 is 0 Å². The molecule has 1 atom stereocenters. The molecule has 0 saturated heterocycles. The van der Waals surface area contributed by atoms with Gasteiger partial charge >= 0.3 is 0 Å². The minimum atomic E-state index is 0.434. The molecule has 0 radical (unpaired) electrons. The van der Waals surface area contributed by atoms with E-state index in [0.29, 0.717) is 5.92 Å². The van der Waals surface area contributed by atoms with E-state index in [2.05, 4.69) is 86.7 Å². The molecule has 0 nitrogen and oxygen atoms in total. The monoisotopic (exact) mass is 422 g/mol. The van der Waals surface area contributed by atoms with E-state index in [0.717, 1.165) is 24.2 Å². The molecule has 1 aromatic rings. The molecule has 1 saturated carbocycles. The van der Waals surface area contributed by atoms with Gasteiger partial charge in [0.05, 0.1) is 0 Å². The summed E-state index contributed by atoms with van der Waals surface area (Å²) in [5.74, 6) is 3.14. The van der Waals surface area contributed by atoms with Gasteiger partial charge in [-0.3, -0.25) is 0 Å². The highest BCUT2D eigenvalue weighted by Crippen LogP contribution is 2.41. The van der Waals surface area contributed by atoms with Gasteiger partial charge in [0.25, 0.3) is 0 Å². The second-order valence-electron chi connectivity index (χ2n) is 10.7. The van der Waals surface area contributed by atoms with E-state index in [1.807, 2.05) is 0 Å². The Morgan fingerprint density at radius 3 is 2.34 bits per heavy atom. The molecule has 166 valence electrons. The molecule has 0 aliphatic heterocycles. The van der Waals surface area contributed by atoms with Crippen molar-refractivity contribution in [2.75, 3.05) is 0 Å². The Balaban J connectivity index is 1.23. The summed E-state index contributed by atoms with van der Waals surface area (Å²) in [7, 11) is 0. The van der Waals surface area contributed by atoms with E-state index in [1.165, 1.54) is 78.4 Å². The van der Waals surface area contributed by atoms with Crippen LogP contribution in [0.1, 0.15) is 63.5 Å². The number of benzene rings is 1. The Morgan fingerprint density at radius 1 is 0.844 bits per heavy atom. The first-order valence-corrected chi connectivity index (χ1v) is 12.9. The fourth-order valence-corrected chi connectivity index (χ4v) is 6.12. The minimum Gasteiger partial charge on any atom is -0.0836 e.